The van der Waals surface area contributed by atoms with Gasteiger partial charge in [-0.05, 0) is 18.2 Å². The maximum absolute atomic E-state index is 11.9. The summed E-state index contributed by atoms with van der Waals surface area (Å²) in [5.41, 5.74) is 1.32. The SMILES string of the molecule is O=S1(=O)NC(=NCc2ccncn2)c2ccccc21. The molecule has 0 unspecified atom stereocenters. The molecule has 3 rings (SSSR count). The van der Waals surface area contributed by atoms with Crippen LogP contribution in [0.1, 0.15) is 11.3 Å². The summed E-state index contributed by atoms with van der Waals surface area (Å²) >= 11 is 0. The predicted octanol–water partition coefficient (Wildman–Crippen LogP) is 0.715. The Balaban J connectivity index is 1.96. The van der Waals surface area contributed by atoms with Crippen molar-refractivity contribution in [3.8, 4) is 0 Å². The number of aromatic nitrogens is 2. The molecule has 1 aromatic carbocycles. The van der Waals surface area contributed by atoms with E-state index >= 15 is 0 Å². The fourth-order valence-corrected chi connectivity index (χ4v) is 3.07. The molecule has 0 fully saturated rings. The third-order valence-electron chi connectivity index (χ3n) is 2.71. The third kappa shape index (κ3) is 2.19. The Morgan fingerprint density at radius 2 is 2.05 bits per heavy atom. The van der Waals surface area contributed by atoms with E-state index in [4.69, 9.17) is 0 Å². The van der Waals surface area contributed by atoms with Crippen molar-refractivity contribution in [3.05, 3.63) is 54.1 Å². The van der Waals surface area contributed by atoms with Gasteiger partial charge in [0.1, 0.15) is 12.2 Å². The first kappa shape index (κ1) is 11.8. The molecule has 0 saturated carbocycles. The molecule has 1 aromatic heterocycles. The molecule has 0 spiro atoms. The Hall–Kier alpha value is -2.28. The molecule has 19 heavy (non-hydrogen) atoms. The van der Waals surface area contributed by atoms with Gasteiger partial charge in [0.05, 0.1) is 17.1 Å². The number of nitrogens with zero attached hydrogens (tertiary/aromatic N) is 3. The summed E-state index contributed by atoms with van der Waals surface area (Å²) in [6, 6.07) is 8.49. The fourth-order valence-electron chi connectivity index (χ4n) is 1.82. The van der Waals surface area contributed by atoms with Crippen molar-refractivity contribution in [1.82, 2.24) is 14.7 Å². The first-order chi connectivity index (χ1) is 9.17. The van der Waals surface area contributed by atoms with Crippen LogP contribution in [-0.4, -0.2) is 24.2 Å². The molecule has 1 N–H and O–H groups in total. The molecular formula is C12H10N4O2S. The molecule has 0 atom stereocenters. The van der Waals surface area contributed by atoms with Crippen molar-refractivity contribution in [2.75, 3.05) is 0 Å². The van der Waals surface area contributed by atoms with Gasteiger partial charge >= 0.3 is 0 Å². The zero-order chi connectivity index (χ0) is 13.3. The van der Waals surface area contributed by atoms with E-state index in [1.807, 2.05) is 0 Å². The van der Waals surface area contributed by atoms with Crippen molar-refractivity contribution in [1.29, 1.82) is 0 Å². The van der Waals surface area contributed by atoms with Crippen molar-refractivity contribution in [2.24, 2.45) is 4.99 Å². The zero-order valence-corrected chi connectivity index (χ0v) is 10.6. The maximum atomic E-state index is 11.9. The molecule has 1 aliphatic rings. The van der Waals surface area contributed by atoms with E-state index in [9.17, 15) is 8.42 Å². The molecular weight excluding hydrogens is 264 g/mol. The normalized spacial score (nSPS) is 18.0. The summed E-state index contributed by atoms with van der Waals surface area (Å²) in [6.45, 7) is 0.300. The monoisotopic (exact) mass is 274 g/mol. The van der Waals surface area contributed by atoms with Crippen LogP contribution in [0.3, 0.4) is 0 Å². The van der Waals surface area contributed by atoms with Gasteiger partial charge in [-0.25, -0.2) is 18.4 Å². The number of hydrogen-bond donors (Lipinski definition) is 1. The van der Waals surface area contributed by atoms with Gasteiger partial charge in [-0.2, -0.15) is 0 Å². The standard InChI is InChI=1S/C12H10N4O2S/c17-19(18)11-4-2-1-3-10(11)12(16-19)14-7-9-5-6-13-8-15-9/h1-6,8H,7H2,(H,14,16). The lowest BCUT2D eigenvalue weighted by Crippen LogP contribution is -2.22. The van der Waals surface area contributed by atoms with Gasteiger partial charge in [0.15, 0.2) is 0 Å². The Morgan fingerprint density at radius 1 is 1.21 bits per heavy atom. The van der Waals surface area contributed by atoms with Gasteiger partial charge in [0, 0.05) is 11.8 Å². The lowest BCUT2D eigenvalue weighted by atomic mass is 10.2. The van der Waals surface area contributed by atoms with Crippen LogP contribution in [0, 0.1) is 0 Å². The molecule has 6 nitrogen and oxygen atoms in total. The molecule has 0 radical (unpaired) electrons. The highest BCUT2D eigenvalue weighted by molar-refractivity contribution is 7.90. The highest BCUT2D eigenvalue weighted by Gasteiger charge is 2.29. The van der Waals surface area contributed by atoms with E-state index < -0.39 is 10.0 Å². The van der Waals surface area contributed by atoms with Gasteiger partial charge in [0.2, 0.25) is 0 Å². The number of fused-ring (bicyclic) bond motifs is 1. The summed E-state index contributed by atoms with van der Waals surface area (Å²) in [4.78, 5) is 12.4. The van der Waals surface area contributed by atoms with Gasteiger partial charge in [-0.1, -0.05) is 12.1 Å². The van der Waals surface area contributed by atoms with Crippen LogP contribution in [0.25, 0.3) is 0 Å². The molecule has 0 bridgehead atoms. The van der Waals surface area contributed by atoms with E-state index in [1.54, 1.807) is 36.5 Å². The molecule has 1 aliphatic heterocycles. The van der Waals surface area contributed by atoms with Gasteiger partial charge in [-0.3, -0.25) is 9.71 Å². The van der Waals surface area contributed by atoms with Crippen LogP contribution >= 0.6 is 0 Å². The topological polar surface area (TPSA) is 84.3 Å². The number of benzene rings is 1. The van der Waals surface area contributed by atoms with Crippen LogP contribution in [0.5, 0.6) is 0 Å². The van der Waals surface area contributed by atoms with E-state index in [1.165, 1.54) is 6.33 Å². The highest BCUT2D eigenvalue weighted by Crippen LogP contribution is 2.22. The van der Waals surface area contributed by atoms with Crippen molar-refractivity contribution >= 4 is 15.9 Å². The van der Waals surface area contributed by atoms with Gasteiger partial charge in [0.25, 0.3) is 10.0 Å². The maximum Gasteiger partial charge on any atom is 0.263 e. The van der Waals surface area contributed by atoms with Crippen molar-refractivity contribution < 1.29 is 8.42 Å². The minimum atomic E-state index is -3.47. The Morgan fingerprint density at radius 3 is 2.84 bits per heavy atom. The van der Waals surface area contributed by atoms with E-state index in [0.717, 1.165) is 5.69 Å². The van der Waals surface area contributed by atoms with E-state index in [0.29, 0.717) is 17.9 Å². The highest BCUT2D eigenvalue weighted by atomic mass is 32.2. The number of aliphatic imine (C=N–C) groups is 1. The van der Waals surface area contributed by atoms with Crippen LogP contribution in [-0.2, 0) is 16.6 Å². The van der Waals surface area contributed by atoms with E-state index in [2.05, 4.69) is 19.7 Å². The average Bonchev–Trinajstić information content (AvgIpc) is 2.70. The predicted molar refractivity (Wildman–Crippen MR) is 69.0 cm³/mol. The van der Waals surface area contributed by atoms with Crippen molar-refractivity contribution in [3.63, 3.8) is 0 Å². The summed E-state index contributed by atoms with van der Waals surface area (Å²) in [5, 5.41) is 0. The molecule has 7 heteroatoms. The Bertz CT molecular complexity index is 741. The smallest absolute Gasteiger partial charge is 0.263 e. The first-order valence-electron chi connectivity index (χ1n) is 5.58. The first-order valence-corrected chi connectivity index (χ1v) is 7.07. The third-order valence-corrected chi connectivity index (χ3v) is 4.10. The number of amidine groups is 1. The second-order valence-corrected chi connectivity index (χ2v) is 5.62. The van der Waals surface area contributed by atoms with E-state index in [-0.39, 0.29) is 4.90 Å². The summed E-state index contributed by atoms with van der Waals surface area (Å²) < 4.78 is 26.2. The largest absolute Gasteiger partial charge is 0.263 e. The molecule has 0 amide bonds. The Labute approximate surface area is 110 Å². The molecule has 0 saturated heterocycles. The molecule has 0 aliphatic carbocycles. The van der Waals surface area contributed by atoms with Gasteiger partial charge in [-0.15, -0.1) is 0 Å². The quantitative estimate of drug-likeness (QED) is 0.874. The zero-order valence-electron chi connectivity index (χ0n) is 9.81. The molecule has 2 aromatic rings. The lowest BCUT2D eigenvalue weighted by molar-refractivity contribution is 0.595. The van der Waals surface area contributed by atoms with Crippen LogP contribution in [0.15, 0.2) is 52.7 Å². The second-order valence-electron chi connectivity index (χ2n) is 3.97. The summed E-state index contributed by atoms with van der Waals surface area (Å²) in [7, 11) is -3.47. The number of rotatable bonds is 2. The van der Waals surface area contributed by atoms with Gasteiger partial charge < -0.3 is 0 Å². The van der Waals surface area contributed by atoms with Crippen LogP contribution in [0.4, 0.5) is 0 Å². The second kappa shape index (κ2) is 4.43. The molecule has 2 heterocycles. The fraction of sp³-hybridized carbons (Fsp3) is 0.0833. The minimum absolute atomic E-state index is 0.261. The average molecular weight is 274 g/mol. The summed E-state index contributed by atoms with van der Waals surface area (Å²) in [5.74, 6) is 0.356. The van der Waals surface area contributed by atoms with Crippen LogP contribution in [0.2, 0.25) is 0 Å². The Kier molecular flexibility index (Phi) is 2.75. The number of nitrogens with one attached hydrogen (secondary N) is 1. The lowest BCUT2D eigenvalue weighted by Gasteiger charge is -1.98. The number of hydrogen-bond acceptors (Lipinski definition) is 5. The van der Waals surface area contributed by atoms with Crippen molar-refractivity contribution in [2.45, 2.75) is 11.4 Å². The molecule has 96 valence electrons. The number of sulfonamides is 1. The summed E-state index contributed by atoms with van der Waals surface area (Å²) in [6.07, 6.45) is 3.05. The van der Waals surface area contributed by atoms with Crippen LogP contribution < -0.4 is 4.72 Å². The minimum Gasteiger partial charge on any atom is -0.263 e.